The molecule has 156 valence electrons. The van der Waals surface area contributed by atoms with Crippen LogP contribution in [0.1, 0.15) is 25.3 Å². The lowest BCUT2D eigenvalue weighted by Gasteiger charge is -2.24. The van der Waals surface area contributed by atoms with Crippen molar-refractivity contribution in [2.75, 3.05) is 39.5 Å². The fourth-order valence-electron chi connectivity index (χ4n) is 3.55. The number of H-pyrrole nitrogens is 1. The van der Waals surface area contributed by atoms with E-state index in [1.54, 1.807) is 0 Å². The van der Waals surface area contributed by atoms with Crippen LogP contribution < -0.4 is 10.6 Å². The van der Waals surface area contributed by atoms with Gasteiger partial charge in [0.05, 0.1) is 13.2 Å². The van der Waals surface area contributed by atoms with Crippen molar-refractivity contribution in [1.82, 2.24) is 15.6 Å². The molecule has 1 aromatic heterocycles. The summed E-state index contributed by atoms with van der Waals surface area (Å²) in [7, 11) is 0. The summed E-state index contributed by atoms with van der Waals surface area (Å²) in [4.78, 5) is 8.05. The lowest BCUT2D eigenvalue weighted by molar-refractivity contribution is 0.131. The van der Waals surface area contributed by atoms with Crippen LogP contribution in [0.25, 0.3) is 10.9 Å². The number of aliphatic imine (C=N–C) groups is 1. The van der Waals surface area contributed by atoms with Crippen LogP contribution in [0.5, 0.6) is 0 Å². The minimum Gasteiger partial charge on any atom is -0.396 e. The molecule has 1 fully saturated rings. The molecule has 28 heavy (non-hydrogen) atoms. The van der Waals surface area contributed by atoms with Crippen molar-refractivity contribution in [1.29, 1.82) is 0 Å². The number of aliphatic hydroxyl groups is 1. The van der Waals surface area contributed by atoms with E-state index in [4.69, 9.17) is 21.3 Å². The van der Waals surface area contributed by atoms with E-state index in [0.717, 1.165) is 60.8 Å². The molecule has 1 unspecified atom stereocenters. The van der Waals surface area contributed by atoms with Gasteiger partial charge in [-0.05, 0) is 49.9 Å². The van der Waals surface area contributed by atoms with Crippen LogP contribution >= 0.6 is 35.6 Å². The molecule has 1 atom stereocenters. The van der Waals surface area contributed by atoms with Gasteiger partial charge in [-0.25, -0.2) is 0 Å². The molecular weight excluding hydrogens is 491 g/mol. The van der Waals surface area contributed by atoms with Crippen LogP contribution in [0.2, 0.25) is 5.02 Å². The monoisotopic (exact) mass is 520 g/mol. The van der Waals surface area contributed by atoms with E-state index in [1.165, 1.54) is 5.56 Å². The predicted molar refractivity (Wildman–Crippen MR) is 126 cm³/mol. The summed E-state index contributed by atoms with van der Waals surface area (Å²) in [6, 6.07) is 5.90. The first kappa shape index (κ1) is 23.3. The van der Waals surface area contributed by atoms with E-state index in [2.05, 4.69) is 22.5 Å². The first-order valence-corrected chi connectivity index (χ1v) is 10.00. The summed E-state index contributed by atoms with van der Waals surface area (Å²) in [5.41, 5.74) is 2.30. The molecule has 0 aliphatic carbocycles. The molecule has 4 N–H and O–H groups in total. The summed E-state index contributed by atoms with van der Waals surface area (Å²) in [6.45, 7) is 5.89. The largest absolute Gasteiger partial charge is 0.396 e. The highest BCUT2D eigenvalue weighted by Crippen LogP contribution is 2.32. The summed E-state index contributed by atoms with van der Waals surface area (Å²) in [5, 5.41) is 18.0. The van der Waals surface area contributed by atoms with Gasteiger partial charge in [-0.15, -0.1) is 24.0 Å². The second-order valence-electron chi connectivity index (χ2n) is 7.15. The molecule has 1 aromatic carbocycles. The number of aliphatic hydroxyl groups excluding tert-OH is 1. The zero-order valence-corrected chi connectivity index (χ0v) is 19.3. The molecule has 3 rings (SSSR count). The smallest absolute Gasteiger partial charge is 0.191 e. The van der Waals surface area contributed by atoms with Gasteiger partial charge >= 0.3 is 0 Å². The number of rotatable bonds is 8. The number of fused-ring (bicyclic) bond motifs is 1. The molecule has 0 bridgehead atoms. The van der Waals surface area contributed by atoms with Crippen molar-refractivity contribution < 1.29 is 9.84 Å². The highest BCUT2D eigenvalue weighted by Gasteiger charge is 2.34. The number of nitrogens with zero attached hydrogens (tertiary/aromatic N) is 1. The lowest BCUT2D eigenvalue weighted by Crippen LogP contribution is -2.39. The Hall–Kier alpha value is -1.03. The Morgan fingerprint density at radius 1 is 1.39 bits per heavy atom. The number of ether oxygens (including phenoxy) is 1. The van der Waals surface area contributed by atoms with Gasteiger partial charge in [0, 0.05) is 53.8 Å². The fourth-order valence-corrected chi connectivity index (χ4v) is 3.72. The number of aromatic amines is 1. The fraction of sp³-hybridized carbons (Fsp3) is 0.550. The van der Waals surface area contributed by atoms with Gasteiger partial charge in [0.15, 0.2) is 5.96 Å². The lowest BCUT2D eigenvalue weighted by atomic mass is 9.84. The van der Waals surface area contributed by atoms with E-state index < -0.39 is 0 Å². The average molecular weight is 521 g/mol. The molecule has 1 aliphatic heterocycles. The standard InChI is InChI=1S/C20H29ClN4O2.HI/c1-2-22-19(25-13-20(6-9-26)7-10-27-14-20)23-8-5-15-12-24-18-4-3-16(21)11-17(15)18;/h3-4,11-12,24,26H,2,5-10,13-14H2,1H3,(H2,22,23,25);1H. The molecule has 6 nitrogen and oxygen atoms in total. The minimum atomic E-state index is -0.0370. The Morgan fingerprint density at radius 2 is 2.25 bits per heavy atom. The first-order valence-electron chi connectivity index (χ1n) is 9.62. The predicted octanol–water partition coefficient (Wildman–Crippen LogP) is 3.33. The van der Waals surface area contributed by atoms with Crippen molar-refractivity contribution in [3.8, 4) is 0 Å². The number of halogens is 2. The van der Waals surface area contributed by atoms with Gasteiger partial charge in [-0.2, -0.15) is 0 Å². The molecule has 2 aromatic rings. The van der Waals surface area contributed by atoms with E-state index in [9.17, 15) is 5.11 Å². The number of nitrogens with one attached hydrogen (secondary N) is 3. The third-order valence-corrected chi connectivity index (χ3v) is 5.40. The van der Waals surface area contributed by atoms with E-state index in [0.29, 0.717) is 13.2 Å². The maximum absolute atomic E-state index is 9.37. The topological polar surface area (TPSA) is 81.7 Å². The van der Waals surface area contributed by atoms with E-state index >= 15 is 0 Å². The number of hydrogen-bond donors (Lipinski definition) is 4. The number of benzene rings is 1. The minimum absolute atomic E-state index is 0. The van der Waals surface area contributed by atoms with Gasteiger partial charge < -0.3 is 25.5 Å². The highest BCUT2D eigenvalue weighted by molar-refractivity contribution is 14.0. The van der Waals surface area contributed by atoms with Crippen molar-refractivity contribution in [3.63, 3.8) is 0 Å². The van der Waals surface area contributed by atoms with Gasteiger partial charge in [-0.1, -0.05) is 11.6 Å². The Balaban J connectivity index is 0.00000280. The summed E-state index contributed by atoms with van der Waals surface area (Å²) in [6.07, 6.45) is 4.59. The molecule has 0 amide bonds. The second kappa shape index (κ2) is 11.2. The average Bonchev–Trinajstić information content (AvgIpc) is 3.28. The van der Waals surface area contributed by atoms with Gasteiger partial charge in [0.1, 0.15) is 0 Å². The molecule has 0 radical (unpaired) electrons. The van der Waals surface area contributed by atoms with E-state index in [1.807, 2.05) is 24.4 Å². The highest BCUT2D eigenvalue weighted by atomic mass is 127. The quantitative estimate of drug-likeness (QED) is 0.245. The van der Waals surface area contributed by atoms with Crippen LogP contribution in [0, 0.1) is 5.41 Å². The SMILES string of the molecule is CCNC(=NCC1(CCO)CCOC1)NCCc1c[nH]c2ccc(Cl)cc12.I. The van der Waals surface area contributed by atoms with Gasteiger partial charge in [0.2, 0.25) is 0 Å². The van der Waals surface area contributed by atoms with Gasteiger partial charge in [0.25, 0.3) is 0 Å². The van der Waals surface area contributed by atoms with Crippen molar-refractivity contribution in [3.05, 3.63) is 35.0 Å². The van der Waals surface area contributed by atoms with Crippen LogP contribution in [-0.2, 0) is 11.2 Å². The number of guanidine groups is 1. The third-order valence-electron chi connectivity index (χ3n) is 5.16. The van der Waals surface area contributed by atoms with Crippen LogP contribution in [0.3, 0.4) is 0 Å². The molecule has 1 saturated heterocycles. The maximum Gasteiger partial charge on any atom is 0.191 e. The Kier molecular flexibility index (Phi) is 9.33. The maximum atomic E-state index is 9.37. The van der Waals surface area contributed by atoms with Crippen LogP contribution in [0.4, 0.5) is 0 Å². The Morgan fingerprint density at radius 3 is 2.96 bits per heavy atom. The third kappa shape index (κ3) is 5.98. The normalized spacial score (nSPS) is 19.6. The number of hydrogen-bond acceptors (Lipinski definition) is 3. The molecule has 0 spiro atoms. The molecule has 2 heterocycles. The summed E-state index contributed by atoms with van der Waals surface area (Å²) < 4.78 is 5.55. The molecular formula is C20H30ClIN4O2. The second-order valence-corrected chi connectivity index (χ2v) is 7.59. The molecule has 8 heteroatoms. The number of aromatic nitrogens is 1. The Labute approximate surface area is 188 Å². The van der Waals surface area contributed by atoms with Crippen LogP contribution in [-0.4, -0.2) is 55.5 Å². The summed E-state index contributed by atoms with van der Waals surface area (Å²) in [5.74, 6) is 0.805. The van der Waals surface area contributed by atoms with Crippen LogP contribution in [0.15, 0.2) is 29.4 Å². The van der Waals surface area contributed by atoms with Gasteiger partial charge in [-0.3, -0.25) is 4.99 Å². The van der Waals surface area contributed by atoms with Crippen molar-refractivity contribution in [2.24, 2.45) is 10.4 Å². The zero-order chi connectivity index (χ0) is 19.1. The van der Waals surface area contributed by atoms with Crippen molar-refractivity contribution >= 4 is 52.4 Å². The molecule has 1 aliphatic rings. The zero-order valence-electron chi connectivity index (χ0n) is 16.3. The first-order chi connectivity index (χ1) is 13.2. The Bertz CT molecular complexity index is 775. The van der Waals surface area contributed by atoms with E-state index in [-0.39, 0.29) is 36.0 Å². The molecule has 0 saturated carbocycles. The summed E-state index contributed by atoms with van der Waals surface area (Å²) >= 11 is 6.13. The van der Waals surface area contributed by atoms with Crippen molar-refractivity contribution in [2.45, 2.75) is 26.2 Å².